The highest BCUT2D eigenvalue weighted by Crippen LogP contribution is 2.31. The van der Waals surface area contributed by atoms with E-state index >= 15 is 0 Å². The Balaban J connectivity index is 2.24. The van der Waals surface area contributed by atoms with Crippen LogP contribution in [0.3, 0.4) is 0 Å². The van der Waals surface area contributed by atoms with Crippen molar-refractivity contribution in [3.63, 3.8) is 0 Å². The first kappa shape index (κ1) is 12.2. The summed E-state index contributed by atoms with van der Waals surface area (Å²) >= 11 is 0. The molecule has 3 aromatic heterocycles. The molecule has 6 heteroatoms. The normalized spacial score (nSPS) is 10.7. The van der Waals surface area contributed by atoms with Gasteiger partial charge in [-0.05, 0) is 19.1 Å². The molecule has 0 aliphatic heterocycles. The minimum atomic E-state index is -0.0953. The zero-order valence-corrected chi connectivity index (χ0v) is 10.8. The van der Waals surface area contributed by atoms with Gasteiger partial charge < -0.3 is 10.7 Å². The maximum atomic E-state index is 12.1. The van der Waals surface area contributed by atoms with Crippen LogP contribution in [0.5, 0.6) is 0 Å². The summed E-state index contributed by atoms with van der Waals surface area (Å²) in [4.78, 5) is 19.4. The fourth-order valence-electron chi connectivity index (χ4n) is 2.09. The largest absolute Gasteiger partial charge is 0.382 e. The number of pyridine rings is 2. The number of aromatic amines is 2. The maximum absolute atomic E-state index is 12.1. The van der Waals surface area contributed by atoms with Crippen molar-refractivity contribution in [1.29, 1.82) is 0 Å². The van der Waals surface area contributed by atoms with E-state index in [1.54, 1.807) is 12.4 Å². The number of aryl methyl sites for hydroxylation is 1. The van der Waals surface area contributed by atoms with Crippen molar-refractivity contribution < 1.29 is 0 Å². The van der Waals surface area contributed by atoms with E-state index in [0.29, 0.717) is 28.3 Å². The summed E-state index contributed by atoms with van der Waals surface area (Å²) < 4.78 is 0. The molecule has 0 radical (unpaired) electrons. The highest BCUT2D eigenvalue weighted by Gasteiger charge is 2.17. The van der Waals surface area contributed by atoms with Gasteiger partial charge in [-0.15, -0.1) is 0 Å². The molecule has 0 aliphatic rings. The van der Waals surface area contributed by atoms with Gasteiger partial charge in [0.15, 0.2) is 11.2 Å². The standard InChI is InChI=1S/C14H13N5O/c1-8-6-11(20)9(7-17-8)13-12(14(15)19-18-13)10-4-2-3-5-16-10/h2-7H,1H3,(H,17,20)(H3,15,18,19). The Kier molecular flexibility index (Phi) is 2.83. The molecular weight excluding hydrogens is 254 g/mol. The molecule has 3 aromatic rings. The Labute approximate surface area is 114 Å². The summed E-state index contributed by atoms with van der Waals surface area (Å²) in [6.07, 6.45) is 3.32. The molecule has 0 bridgehead atoms. The quantitative estimate of drug-likeness (QED) is 0.658. The number of hydrogen-bond donors (Lipinski definition) is 3. The topological polar surface area (TPSA) is 100 Å². The Morgan fingerprint density at radius 1 is 1.30 bits per heavy atom. The van der Waals surface area contributed by atoms with Crippen molar-refractivity contribution in [2.75, 3.05) is 5.73 Å². The zero-order valence-electron chi connectivity index (χ0n) is 10.8. The summed E-state index contributed by atoms with van der Waals surface area (Å²) in [7, 11) is 0. The van der Waals surface area contributed by atoms with Crippen LogP contribution in [-0.4, -0.2) is 20.2 Å². The maximum Gasteiger partial charge on any atom is 0.191 e. The van der Waals surface area contributed by atoms with E-state index in [2.05, 4.69) is 20.2 Å². The van der Waals surface area contributed by atoms with Crippen molar-refractivity contribution in [3.05, 3.63) is 52.6 Å². The Morgan fingerprint density at radius 2 is 2.15 bits per heavy atom. The van der Waals surface area contributed by atoms with Crippen LogP contribution in [0.2, 0.25) is 0 Å². The van der Waals surface area contributed by atoms with Crippen molar-refractivity contribution in [2.24, 2.45) is 0 Å². The number of nitrogens with two attached hydrogens (primary N) is 1. The van der Waals surface area contributed by atoms with Gasteiger partial charge >= 0.3 is 0 Å². The van der Waals surface area contributed by atoms with Crippen LogP contribution in [0.1, 0.15) is 5.69 Å². The average Bonchev–Trinajstić information content (AvgIpc) is 2.81. The lowest BCUT2D eigenvalue weighted by molar-refractivity contribution is 1.09. The lowest BCUT2D eigenvalue weighted by Gasteiger charge is -2.03. The molecule has 0 atom stereocenters. The van der Waals surface area contributed by atoms with Gasteiger partial charge in [-0.2, -0.15) is 5.10 Å². The highest BCUT2D eigenvalue weighted by atomic mass is 16.1. The molecule has 20 heavy (non-hydrogen) atoms. The number of hydrogen-bond acceptors (Lipinski definition) is 4. The predicted molar refractivity (Wildman–Crippen MR) is 77.0 cm³/mol. The van der Waals surface area contributed by atoms with Gasteiger partial charge in [-0.25, -0.2) is 0 Å². The lowest BCUT2D eigenvalue weighted by atomic mass is 10.1. The molecule has 3 heterocycles. The molecule has 0 saturated heterocycles. The van der Waals surface area contributed by atoms with E-state index in [1.165, 1.54) is 6.07 Å². The third kappa shape index (κ3) is 1.97. The van der Waals surface area contributed by atoms with Crippen LogP contribution in [0, 0.1) is 6.92 Å². The van der Waals surface area contributed by atoms with Gasteiger partial charge in [0.2, 0.25) is 0 Å². The minimum absolute atomic E-state index is 0.0953. The average molecular weight is 267 g/mol. The molecule has 0 spiro atoms. The number of H-pyrrole nitrogens is 2. The Hall–Kier alpha value is -2.89. The van der Waals surface area contributed by atoms with Crippen LogP contribution in [0.15, 0.2) is 41.5 Å². The van der Waals surface area contributed by atoms with Gasteiger partial charge in [0.1, 0.15) is 0 Å². The number of nitrogen functional groups attached to an aromatic ring is 1. The molecule has 4 N–H and O–H groups in total. The van der Waals surface area contributed by atoms with Gasteiger partial charge in [0.25, 0.3) is 0 Å². The molecule has 0 amide bonds. The van der Waals surface area contributed by atoms with Crippen molar-refractivity contribution in [1.82, 2.24) is 20.2 Å². The summed E-state index contributed by atoms with van der Waals surface area (Å²) in [6.45, 7) is 1.83. The third-order valence-corrected chi connectivity index (χ3v) is 3.04. The van der Waals surface area contributed by atoms with Crippen LogP contribution in [0.25, 0.3) is 22.5 Å². The van der Waals surface area contributed by atoms with Gasteiger partial charge in [-0.3, -0.25) is 14.9 Å². The molecule has 0 saturated carbocycles. The summed E-state index contributed by atoms with van der Waals surface area (Å²) in [5.74, 6) is 0.318. The SMILES string of the molecule is Cc1cc(=O)c(-c2[nH]nc(N)c2-c2ccccn2)c[nH]1. The van der Waals surface area contributed by atoms with E-state index in [9.17, 15) is 4.79 Å². The molecule has 6 nitrogen and oxygen atoms in total. The fraction of sp³-hybridized carbons (Fsp3) is 0.0714. The van der Waals surface area contributed by atoms with E-state index < -0.39 is 0 Å². The number of aromatic nitrogens is 4. The molecule has 3 rings (SSSR count). The van der Waals surface area contributed by atoms with Crippen molar-refractivity contribution >= 4 is 5.82 Å². The predicted octanol–water partition coefficient (Wildman–Crippen LogP) is 1.72. The van der Waals surface area contributed by atoms with Gasteiger partial charge in [0.05, 0.1) is 22.5 Å². The number of nitrogens with zero attached hydrogens (tertiary/aromatic N) is 2. The summed E-state index contributed by atoms with van der Waals surface area (Å²) in [5.41, 5.74) is 8.97. The summed E-state index contributed by atoms with van der Waals surface area (Å²) in [5, 5.41) is 6.81. The van der Waals surface area contributed by atoms with E-state index in [4.69, 9.17) is 5.73 Å². The van der Waals surface area contributed by atoms with Crippen LogP contribution < -0.4 is 11.2 Å². The van der Waals surface area contributed by atoms with E-state index in [1.807, 2.05) is 25.1 Å². The molecule has 0 fully saturated rings. The number of anilines is 1. The van der Waals surface area contributed by atoms with Crippen molar-refractivity contribution in [2.45, 2.75) is 6.92 Å². The monoisotopic (exact) mass is 267 g/mol. The smallest absolute Gasteiger partial charge is 0.191 e. The zero-order chi connectivity index (χ0) is 14.1. The second-order valence-electron chi connectivity index (χ2n) is 4.47. The molecule has 0 unspecified atom stereocenters. The molecule has 0 aromatic carbocycles. The van der Waals surface area contributed by atoms with E-state index in [-0.39, 0.29) is 5.43 Å². The minimum Gasteiger partial charge on any atom is -0.382 e. The lowest BCUT2D eigenvalue weighted by Crippen LogP contribution is -2.06. The van der Waals surface area contributed by atoms with Gasteiger partial charge in [0, 0.05) is 24.2 Å². The van der Waals surface area contributed by atoms with Gasteiger partial charge in [-0.1, -0.05) is 6.07 Å². The second-order valence-corrected chi connectivity index (χ2v) is 4.47. The molecule has 100 valence electrons. The van der Waals surface area contributed by atoms with Crippen LogP contribution in [-0.2, 0) is 0 Å². The Morgan fingerprint density at radius 3 is 2.85 bits per heavy atom. The summed E-state index contributed by atoms with van der Waals surface area (Å²) in [6, 6.07) is 7.04. The fourth-order valence-corrected chi connectivity index (χ4v) is 2.09. The highest BCUT2D eigenvalue weighted by molar-refractivity contribution is 5.85. The molecular formula is C14H13N5O. The van der Waals surface area contributed by atoms with Crippen LogP contribution in [0.4, 0.5) is 5.82 Å². The van der Waals surface area contributed by atoms with E-state index in [0.717, 1.165) is 5.69 Å². The first-order chi connectivity index (χ1) is 9.66. The third-order valence-electron chi connectivity index (χ3n) is 3.04. The molecule has 0 aliphatic carbocycles. The first-order valence-electron chi connectivity index (χ1n) is 6.12. The Bertz CT molecular complexity index is 804. The number of nitrogens with one attached hydrogen (secondary N) is 2. The number of rotatable bonds is 2. The first-order valence-corrected chi connectivity index (χ1v) is 6.12. The van der Waals surface area contributed by atoms with Crippen molar-refractivity contribution in [3.8, 4) is 22.5 Å². The second kappa shape index (κ2) is 4.65. The van der Waals surface area contributed by atoms with Crippen LogP contribution >= 0.6 is 0 Å².